The van der Waals surface area contributed by atoms with Crippen molar-refractivity contribution in [2.45, 2.75) is 13.0 Å². The van der Waals surface area contributed by atoms with Gasteiger partial charge in [0.1, 0.15) is 11.5 Å². The minimum atomic E-state index is 0. The van der Waals surface area contributed by atoms with Crippen LogP contribution in [0.15, 0.2) is 42.5 Å². The third-order valence-corrected chi connectivity index (χ3v) is 4.49. The topological polar surface area (TPSA) is 50.8 Å². The van der Waals surface area contributed by atoms with Gasteiger partial charge in [0.2, 0.25) is 0 Å². The maximum atomic E-state index is 12.8. The van der Waals surface area contributed by atoms with Crippen molar-refractivity contribution in [1.29, 1.82) is 0 Å². The molecule has 6 heteroatoms. The van der Waals surface area contributed by atoms with E-state index in [0.717, 1.165) is 42.3 Å². The summed E-state index contributed by atoms with van der Waals surface area (Å²) >= 11 is 0. The second-order valence-electron chi connectivity index (χ2n) is 6.25. The summed E-state index contributed by atoms with van der Waals surface area (Å²) in [5.41, 5.74) is 2.59. The number of rotatable bonds is 4. The number of carbonyl (C=O) groups is 1. The summed E-state index contributed by atoms with van der Waals surface area (Å²) < 4.78 is 10.7. The first kappa shape index (κ1) is 20.1. The zero-order chi connectivity index (χ0) is 17.8. The fraction of sp³-hybridized carbons (Fsp3) is 0.350. The van der Waals surface area contributed by atoms with Crippen LogP contribution in [-0.2, 0) is 0 Å². The van der Waals surface area contributed by atoms with E-state index < -0.39 is 0 Å². The Hall–Kier alpha value is -2.24. The lowest BCUT2D eigenvalue weighted by Gasteiger charge is -2.32. The number of piperazine rings is 1. The molecule has 1 N–H and O–H groups in total. The second-order valence-corrected chi connectivity index (χ2v) is 6.25. The zero-order valence-corrected chi connectivity index (χ0v) is 16.1. The van der Waals surface area contributed by atoms with Crippen molar-refractivity contribution in [2.75, 3.05) is 33.9 Å². The number of methoxy groups -OCH3 is 2. The molecule has 1 aliphatic rings. The van der Waals surface area contributed by atoms with Gasteiger partial charge in [-0.05, 0) is 36.8 Å². The summed E-state index contributed by atoms with van der Waals surface area (Å²) in [5.74, 6) is 1.53. The summed E-state index contributed by atoms with van der Waals surface area (Å²) in [7, 11) is 3.26. The van der Waals surface area contributed by atoms with E-state index in [2.05, 4.69) is 12.2 Å². The first-order valence-corrected chi connectivity index (χ1v) is 8.47. The van der Waals surface area contributed by atoms with Gasteiger partial charge in [-0.15, -0.1) is 12.4 Å². The Bertz CT molecular complexity index is 766. The summed E-state index contributed by atoms with van der Waals surface area (Å²) in [6.45, 7) is 4.39. The molecule has 1 amide bonds. The third-order valence-electron chi connectivity index (χ3n) is 4.49. The molecule has 2 aromatic carbocycles. The molecule has 1 unspecified atom stereocenters. The van der Waals surface area contributed by atoms with Gasteiger partial charge in [-0.1, -0.05) is 12.1 Å². The van der Waals surface area contributed by atoms with Crippen molar-refractivity contribution in [3.8, 4) is 22.6 Å². The maximum absolute atomic E-state index is 12.8. The maximum Gasteiger partial charge on any atom is 0.253 e. The number of ether oxygens (including phenoxy) is 2. The smallest absolute Gasteiger partial charge is 0.253 e. The average Bonchev–Trinajstić information content (AvgIpc) is 2.67. The quantitative estimate of drug-likeness (QED) is 0.890. The molecule has 1 aliphatic heterocycles. The molecule has 0 bridgehead atoms. The molecular weight excluding hydrogens is 352 g/mol. The van der Waals surface area contributed by atoms with Gasteiger partial charge in [0.25, 0.3) is 5.91 Å². The predicted molar refractivity (Wildman–Crippen MR) is 106 cm³/mol. The van der Waals surface area contributed by atoms with E-state index in [9.17, 15) is 4.79 Å². The highest BCUT2D eigenvalue weighted by Gasteiger charge is 2.22. The van der Waals surface area contributed by atoms with E-state index in [0.29, 0.717) is 11.6 Å². The summed E-state index contributed by atoms with van der Waals surface area (Å²) in [4.78, 5) is 14.7. The average molecular weight is 377 g/mol. The molecule has 140 valence electrons. The van der Waals surface area contributed by atoms with Gasteiger partial charge < -0.3 is 19.7 Å². The van der Waals surface area contributed by atoms with E-state index in [1.165, 1.54) is 0 Å². The number of nitrogens with one attached hydrogen (secondary N) is 1. The number of carbonyl (C=O) groups excluding carboxylic acids is 1. The highest BCUT2D eigenvalue weighted by Crippen LogP contribution is 2.33. The number of benzene rings is 2. The molecular formula is C20H25ClN2O3. The Morgan fingerprint density at radius 3 is 2.65 bits per heavy atom. The molecule has 0 radical (unpaired) electrons. The van der Waals surface area contributed by atoms with Crippen molar-refractivity contribution >= 4 is 18.3 Å². The number of hydrogen-bond acceptors (Lipinski definition) is 4. The number of halogens is 1. The molecule has 1 fully saturated rings. The summed E-state index contributed by atoms with van der Waals surface area (Å²) in [6.07, 6.45) is 0. The molecule has 0 aromatic heterocycles. The lowest BCUT2D eigenvalue weighted by Crippen LogP contribution is -2.51. The molecule has 1 heterocycles. The van der Waals surface area contributed by atoms with Crippen LogP contribution in [-0.4, -0.2) is 50.7 Å². The van der Waals surface area contributed by atoms with Crippen LogP contribution in [0.4, 0.5) is 0 Å². The summed E-state index contributed by atoms with van der Waals surface area (Å²) in [5, 5.41) is 3.36. The molecule has 3 rings (SSSR count). The van der Waals surface area contributed by atoms with Gasteiger partial charge in [-0.3, -0.25) is 4.79 Å². The van der Waals surface area contributed by atoms with Crippen LogP contribution in [0.2, 0.25) is 0 Å². The number of hydrogen-bond donors (Lipinski definition) is 1. The van der Waals surface area contributed by atoms with E-state index in [1.54, 1.807) is 14.2 Å². The standard InChI is InChI=1S/C20H24N2O3.ClH/c1-14-13-22(10-9-21-14)20(23)16-6-4-5-15(11-16)18-8-7-17(24-2)12-19(18)25-3;/h4-8,11-12,14,21H,9-10,13H2,1-3H3;1H. The van der Waals surface area contributed by atoms with Crippen molar-refractivity contribution < 1.29 is 14.3 Å². The molecule has 2 aromatic rings. The van der Waals surface area contributed by atoms with E-state index in [-0.39, 0.29) is 18.3 Å². The molecule has 1 atom stereocenters. The van der Waals surface area contributed by atoms with E-state index in [1.807, 2.05) is 47.4 Å². The summed E-state index contributed by atoms with van der Waals surface area (Å²) in [6, 6.07) is 13.7. The van der Waals surface area contributed by atoms with Gasteiger partial charge in [0.15, 0.2) is 0 Å². The van der Waals surface area contributed by atoms with Crippen LogP contribution in [0, 0.1) is 0 Å². The van der Waals surface area contributed by atoms with Gasteiger partial charge in [-0.2, -0.15) is 0 Å². The van der Waals surface area contributed by atoms with Crippen LogP contribution in [0.25, 0.3) is 11.1 Å². The highest BCUT2D eigenvalue weighted by atomic mass is 35.5. The molecule has 26 heavy (non-hydrogen) atoms. The predicted octanol–water partition coefficient (Wildman–Crippen LogP) is 3.23. The lowest BCUT2D eigenvalue weighted by molar-refractivity contribution is 0.0709. The van der Waals surface area contributed by atoms with Crippen LogP contribution in [0.5, 0.6) is 11.5 Å². The Kier molecular flexibility index (Phi) is 6.89. The fourth-order valence-electron chi connectivity index (χ4n) is 3.16. The monoisotopic (exact) mass is 376 g/mol. The zero-order valence-electron chi connectivity index (χ0n) is 15.3. The van der Waals surface area contributed by atoms with Crippen LogP contribution in [0.3, 0.4) is 0 Å². The number of nitrogens with zero attached hydrogens (tertiary/aromatic N) is 1. The second kappa shape index (κ2) is 8.92. The van der Waals surface area contributed by atoms with Crippen LogP contribution in [0.1, 0.15) is 17.3 Å². The Balaban J connectivity index is 0.00000243. The van der Waals surface area contributed by atoms with Gasteiger partial charge >= 0.3 is 0 Å². The SMILES string of the molecule is COc1ccc(-c2cccc(C(=O)N3CCNC(C)C3)c2)c(OC)c1.Cl. The molecule has 5 nitrogen and oxygen atoms in total. The Morgan fingerprint density at radius 1 is 1.15 bits per heavy atom. The largest absolute Gasteiger partial charge is 0.497 e. The normalized spacial score (nSPS) is 16.6. The van der Waals surface area contributed by atoms with Crippen molar-refractivity contribution in [3.05, 3.63) is 48.0 Å². The van der Waals surface area contributed by atoms with Gasteiger partial charge in [0.05, 0.1) is 14.2 Å². The molecule has 1 saturated heterocycles. The minimum Gasteiger partial charge on any atom is -0.497 e. The van der Waals surface area contributed by atoms with E-state index >= 15 is 0 Å². The fourth-order valence-corrected chi connectivity index (χ4v) is 3.16. The molecule has 0 aliphatic carbocycles. The van der Waals surface area contributed by atoms with E-state index in [4.69, 9.17) is 9.47 Å². The van der Waals surface area contributed by atoms with Gasteiger partial charge in [0, 0.05) is 42.9 Å². The van der Waals surface area contributed by atoms with Crippen LogP contribution >= 0.6 is 12.4 Å². The van der Waals surface area contributed by atoms with Crippen LogP contribution < -0.4 is 14.8 Å². The Morgan fingerprint density at radius 2 is 1.96 bits per heavy atom. The number of amides is 1. The molecule has 0 saturated carbocycles. The van der Waals surface area contributed by atoms with Crippen molar-refractivity contribution in [3.63, 3.8) is 0 Å². The minimum absolute atomic E-state index is 0. The third kappa shape index (κ3) is 4.29. The Labute approximate surface area is 160 Å². The van der Waals surface area contributed by atoms with Crippen molar-refractivity contribution in [1.82, 2.24) is 10.2 Å². The first-order chi connectivity index (χ1) is 12.1. The first-order valence-electron chi connectivity index (χ1n) is 8.47. The van der Waals surface area contributed by atoms with Crippen molar-refractivity contribution in [2.24, 2.45) is 0 Å². The highest BCUT2D eigenvalue weighted by molar-refractivity contribution is 5.95. The molecule has 0 spiro atoms. The van der Waals surface area contributed by atoms with Gasteiger partial charge in [-0.25, -0.2) is 0 Å². The lowest BCUT2D eigenvalue weighted by atomic mass is 10.0.